The summed E-state index contributed by atoms with van der Waals surface area (Å²) >= 11 is 0. The molecule has 0 unspecified atom stereocenters. The highest BCUT2D eigenvalue weighted by atomic mass is 19.3. The van der Waals surface area contributed by atoms with E-state index in [0.29, 0.717) is 24.5 Å². The summed E-state index contributed by atoms with van der Waals surface area (Å²) in [6.45, 7) is 2.71. The van der Waals surface area contributed by atoms with Crippen molar-refractivity contribution >= 4 is 11.7 Å². The van der Waals surface area contributed by atoms with Gasteiger partial charge in [-0.25, -0.2) is 13.8 Å². The molecule has 7 heteroatoms. The van der Waals surface area contributed by atoms with E-state index in [4.69, 9.17) is 0 Å². The maximum absolute atomic E-state index is 12.1. The van der Waals surface area contributed by atoms with E-state index in [1.807, 2.05) is 13.0 Å². The normalized spacial score (nSPS) is 15.5. The zero-order valence-corrected chi connectivity index (χ0v) is 13.1. The highest BCUT2D eigenvalue weighted by Crippen LogP contribution is 2.26. The fourth-order valence-electron chi connectivity index (χ4n) is 2.75. The van der Waals surface area contributed by atoms with Gasteiger partial charge in [-0.1, -0.05) is 0 Å². The van der Waals surface area contributed by atoms with Crippen LogP contribution in [0.3, 0.4) is 0 Å². The summed E-state index contributed by atoms with van der Waals surface area (Å²) in [5.41, 5.74) is 1.40. The molecule has 0 bridgehead atoms. The van der Waals surface area contributed by atoms with Gasteiger partial charge in [0.2, 0.25) is 5.91 Å². The lowest BCUT2D eigenvalue weighted by Gasteiger charge is -2.33. The molecule has 5 nitrogen and oxygen atoms in total. The Labute approximate surface area is 134 Å². The number of aromatic nitrogens is 1. The summed E-state index contributed by atoms with van der Waals surface area (Å²) < 4.78 is 24.1. The Kier molecular flexibility index (Phi) is 5.85. The molecule has 1 aliphatic rings. The first kappa shape index (κ1) is 17.1. The molecule has 0 spiro atoms. The number of piperidine rings is 1. The van der Waals surface area contributed by atoms with Crippen LogP contribution < -0.4 is 10.2 Å². The minimum Gasteiger partial charge on any atom is -0.355 e. The van der Waals surface area contributed by atoms with Crippen molar-refractivity contribution in [2.24, 2.45) is 5.92 Å². The van der Waals surface area contributed by atoms with Gasteiger partial charge in [0.1, 0.15) is 11.9 Å². The van der Waals surface area contributed by atoms with Gasteiger partial charge in [0.25, 0.3) is 6.43 Å². The van der Waals surface area contributed by atoms with Crippen LogP contribution >= 0.6 is 0 Å². The molecule has 1 aliphatic heterocycles. The Morgan fingerprint density at radius 3 is 2.78 bits per heavy atom. The second-order valence-electron chi connectivity index (χ2n) is 5.77. The van der Waals surface area contributed by atoms with Gasteiger partial charge in [0, 0.05) is 25.2 Å². The minimum absolute atomic E-state index is 0.180. The van der Waals surface area contributed by atoms with Crippen LogP contribution in [-0.2, 0) is 4.79 Å². The average molecular weight is 322 g/mol. The van der Waals surface area contributed by atoms with Gasteiger partial charge >= 0.3 is 0 Å². The van der Waals surface area contributed by atoms with Crippen molar-refractivity contribution in [1.82, 2.24) is 10.3 Å². The number of nitriles is 1. The molecular formula is C16H20F2N4O. The van der Waals surface area contributed by atoms with Gasteiger partial charge in [0.05, 0.1) is 12.1 Å². The number of aryl methyl sites for hydroxylation is 1. The SMILES string of the molecule is Cc1ccc(C#N)c(N2CCC(CC(=O)NCC(F)F)CC2)n1. The predicted octanol–water partition coefficient (Wildman–Crippen LogP) is 2.25. The number of halogens is 2. The highest BCUT2D eigenvalue weighted by Gasteiger charge is 2.24. The molecule has 1 aromatic rings. The third-order valence-corrected chi connectivity index (χ3v) is 3.98. The smallest absolute Gasteiger partial charge is 0.255 e. The fourth-order valence-corrected chi connectivity index (χ4v) is 2.75. The molecule has 1 saturated heterocycles. The largest absolute Gasteiger partial charge is 0.355 e. The number of hydrogen-bond donors (Lipinski definition) is 1. The number of carbonyl (C=O) groups is 1. The van der Waals surface area contributed by atoms with E-state index in [0.717, 1.165) is 18.5 Å². The molecule has 0 saturated carbocycles. The Bertz CT molecular complexity index is 592. The van der Waals surface area contributed by atoms with Gasteiger partial charge in [-0.3, -0.25) is 4.79 Å². The van der Waals surface area contributed by atoms with Crippen LogP contribution in [0.25, 0.3) is 0 Å². The number of amides is 1. The van der Waals surface area contributed by atoms with Crippen molar-refractivity contribution in [2.75, 3.05) is 24.5 Å². The molecular weight excluding hydrogens is 302 g/mol. The predicted molar refractivity (Wildman–Crippen MR) is 82.3 cm³/mol. The molecule has 0 aromatic carbocycles. The Hall–Kier alpha value is -2.23. The van der Waals surface area contributed by atoms with Crippen LogP contribution in [0.1, 0.15) is 30.5 Å². The number of carbonyl (C=O) groups excluding carboxylic acids is 1. The first-order valence-corrected chi connectivity index (χ1v) is 7.67. The second-order valence-corrected chi connectivity index (χ2v) is 5.77. The van der Waals surface area contributed by atoms with Crippen molar-refractivity contribution in [3.05, 3.63) is 23.4 Å². The molecule has 1 aromatic heterocycles. The van der Waals surface area contributed by atoms with Crippen LogP contribution in [-0.4, -0.2) is 37.0 Å². The van der Waals surface area contributed by atoms with Crippen LogP contribution in [0.15, 0.2) is 12.1 Å². The van der Waals surface area contributed by atoms with E-state index in [-0.39, 0.29) is 18.2 Å². The fraction of sp³-hybridized carbons (Fsp3) is 0.562. The van der Waals surface area contributed by atoms with Crippen molar-refractivity contribution < 1.29 is 13.6 Å². The van der Waals surface area contributed by atoms with E-state index in [2.05, 4.69) is 21.3 Å². The van der Waals surface area contributed by atoms with Gasteiger partial charge in [-0.05, 0) is 37.8 Å². The van der Waals surface area contributed by atoms with Crippen LogP contribution in [0, 0.1) is 24.2 Å². The van der Waals surface area contributed by atoms with Gasteiger partial charge in [0.15, 0.2) is 0 Å². The number of nitrogens with zero attached hydrogens (tertiary/aromatic N) is 3. The summed E-state index contributed by atoms with van der Waals surface area (Å²) in [5.74, 6) is 0.544. The maximum atomic E-state index is 12.1. The van der Waals surface area contributed by atoms with E-state index < -0.39 is 13.0 Å². The number of nitrogens with one attached hydrogen (secondary N) is 1. The van der Waals surface area contributed by atoms with E-state index in [9.17, 15) is 18.8 Å². The van der Waals surface area contributed by atoms with Crippen molar-refractivity contribution in [1.29, 1.82) is 5.26 Å². The maximum Gasteiger partial charge on any atom is 0.255 e. The third-order valence-electron chi connectivity index (χ3n) is 3.98. The zero-order valence-electron chi connectivity index (χ0n) is 13.1. The molecule has 1 N–H and O–H groups in total. The topological polar surface area (TPSA) is 69.0 Å². The molecule has 1 fully saturated rings. The first-order chi connectivity index (χ1) is 11.0. The molecule has 0 aliphatic carbocycles. The number of rotatable bonds is 5. The standard InChI is InChI=1S/C16H20F2N4O/c1-11-2-3-13(9-19)16(21-11)22-6-4-12(5-7-22)8-15(23)20-10-14(17)18/h2-3,12,14H,4-8,10H2,1H3,(H,20,23). The third kappa shape index (κ3) is 4.88. The van der Waals surface area contributed by atoms with Gasteiger partial charge in [-0.15, -0.1) is 0 Å². The first-order valence-electron chi connectivity index (χ1n) is 7.67. The number of anilines is 1. The lowest BCUT2D eigenvalue weighted by molar-refractivity contribution is -0.122. The zero-order chi connectivity index (χ0) is 16.8. The minimum atomic E-state index is -2.52. The van der Waals surface area contributed by atoms with Gasteiger partial charge < -0.3 is 10.2 Å². The number of pyridine rings is 1. The lowest BCUT2D eigenvalue weighted by Crippen LogP contribution is -2.37. The van der Waals surface area contributed by atoms with E-state index in [1.165, 1.54) is 0 Å². The Morgan fingerprint density at radius 2 is 2.17 bits per heavy atom. The Morgan fingerprint density at radius 1 is 1.48 bits per heavy atom. The second kappa shape index (κ2) is 7.86. The van der Waals surface area contributed by atoms with Crippen LogP contribution in [0.2, 0.25) is 0 Å². The number of alkyl halides is 2. The summed E-state index contributed by atoms with van der Waals surface area (Å²) in [6, 6.07) is 5.72. The number of hydrogen-bond acceptors (Lipinski definition) is 4. The van der Waals surface area contributed by atoms with Crippen molar-refractivity contribution in [3.63, 3.8) is 0 Å². The van der Waals surface area contributed by atoms with E-state index in [1.54, 1.807) is 6.07 Å². The molecule has 124 valence electrons. The summed E-state index contributed by atoms with van der Waals surface area (Å²) in [5, 5.41) is 11.4. The monoisotopic (exact) mass is 322 g/mol. The summed E-state index contributed by atoms with van der Waals surface area (Å²) in [7, 11) is 0. The van der Waals surface area contributed by atoms with Crippen LogP contribution in [0.5, 0.6) is 0 Å². The Balaban J connectivity index is 1.88. The van der Waals surface area contributed by atoms with Crippen molar-refractivity contribution in [3.8, 4) is 6.07 Å². The quantitative estimate of drug-likeness (QED) is 0.903. The van der Waals surface area contributed by atoms with Crippen molar-refractivity contribution in [2.45, 2.75) is 32.6 Å². The van der Waals surface area contributed by atoms with Gasteiger partial charge in [-0.2, -0.15) is 5.26 Å². The lowest BCUT2D eigenvalue weighted by atomic mass is 9.93. The molecule has 1 amide bonds. The van der Waals surface area contributed by atoms with Crippen LogP contribution in [0.4, 0.5) is 14.6 Å². The molecule has 2 heterocycles. The van der Waals surface area contributed by atoms with E-state index >= 15 is 0 Å². The average Bonchev–Trinajstić information content (AvgIpc) is 2.53. The highest BCUT2D eigenvalue weighted by molar-refractivity contribution is 5.76. The molecule has 2 rings (SSSR count). The summed E-state index contributed by atoms with van der Waals surface area (Å²) in [6.07, 6.45) is -0.685. The molecule has 0 radical (unpaired) electrons. The molecule has 23 heavy (non-hydrogen) atoms. The summed E-state index contributed by atoms with van der Waals surface area (Å²) in [4.78, 5) is 18.1. The molecule has 0 atom stereocenters.